The second-order valence-corrected chi connectivity index (χ2v) is 7.34. The van der Waals surface area contributed by atoms with Crippen molar-refractivity contribution in [3.63, 3.8) is 0 Å². The Morgan fingerprint density at radius 1 is 1.29 bits per heavy atom. The minimum absolute atomic E-state index is 0.0440. The number of aromatic nitrogens is 1. The van der Waals surface area contributed by atoms with Gasteiger partial charge < -0.3 is 14.2 Å². The quantitative estimate of drug-likeness (QED) is 0.837. The molecular weight excluding hydrogens is 306 g/mol. The van der Waals surface area contributed by atoms with Crippen LogP contribution in [0.2, 0.25) is 0 Å². The van der Waals surface area contributed by atoms with Crippen LogP contribution in [-0.4, -0.2) is 66.3 Å². The summed E-state index contributed by atoms with van der Waals surface area (Å²) in [6.45, 7) is 13.4. The van der Waals surface area contributed by atoms with E-state index < -0.39 is 0 Å². The molecule has 1 aromatic rings. The van der Waals surface area contributed by atoms with E-state index in [-0.39, 0.29) is 11.8 Å². The lowest BCUT2D eigenvalue weighted by atomic mass is 9.98. The number of likely N-dealkylation sites (tertiary alicyclic amines) is 1. The van der Waals surface area contributed by atoms with Gasteiger partial charge in [0.1, 0.15) is 5.76 Å². The first kappa shape index (κ1) is 17.4. The summed E-state index contributed by atoms with van der Waals surface area (Å²) in [5.41, 5.74) is 1.97. The molecule has 6 heteroatoms. The fourth-order valence-corrected chi connectivity index (χ4v) is 4.01. The fourth-order valence-electron chi connectivity index (χ4n) is 4.01. The van der Waals surface area contributed by atoms with Crippen molar-refractivity contribution >= 4 is 5.91 Å². The highest BCUT2D eigenvalue weighted by atomic mass is 16.5. The molecule has 2 aliphatic rings. The Morgan fingerprint density at radius 2 is 2.00 bits per heavy atom. The number of hydrogen-bond acceptors (Lipinski definition) is 5. The minimum Gasteiger partial charge on any atom is -0.379 e. The standard InChI is InChI=1S/C18H29N3O3/c1-12(9-16-14(3)19-24-15(16)4)18(22)21-10-13(2)17(11-21)20-5-7-23-8-6-20/h12-13,17H,5-11H2,1-4H3/t12-,13+,17+/m0/s1. The van der Waals surface area contributed by atoms with Crippen LogP contribution >= 0.6 is 0 Å². The van der Waals surface area contributed by atoms with Crippen LogP contribution in [-0.2, 0) is 16.0 Å². The zero-order valence-corrected chi connectivity index (χ0v) is 15.2. The summed E-state index contributed by atoms with van der Waals surface area (Å²) >= 11 is 0. The highest BCUT2D eigenvalue weighted by Crippen LogP contribution is 2.25. The van der Waals surface area contributed by atoms with E-state index in [4.69, 9.17) is 9.26 Å². The summed E-state index contributed by atoms with van der Waals surface area (Å²) < 4.78 is 10.7. The number of amides is 1. The van der Waals surface area contributed by atoms with Gasteiger partial charge in [0.15, 0.2) is 0 Å². The Morgan fingerprint density at radius 3 is 2.62 bits per heavy atom. The first-order valence-corrected chi connectivity index (χ1v) is 8.99. The number of aryl methyl sites for hydroxylation is 2. The summed E-state index contributed by atoms with van der Waals surface area (Å²) in [5, 5.41) is 3.99. The molecule has 2 saturated heterocycles. The first-order valence-electron chi connectivity index (χ1n) is 8.99. The molecular formula is C18H29N3O3. The van der Waals surface area contributed by atoms with Crippen LogP contribution < -0.4 is 0 Å². The van der Waals surface area contributed by atoms with Crippen LogP contribution in [0, 0.1) is 25.7 Å². The molecule has 0 bridgehead atoms. The largest absolute Gasteiger partial charge is 0.379 e. The monoisotopic (exact) mass is 335 g/mol. The predicted octanol–water partition coefficient (Wildman–Crippen LogP) is 1.65. The van der Waals surface area contributed by atoms with E-state index in [9.17, 15) is 4.79 Å². The van der Waals surface area contributed by atoms with Gasteiger partial charge >= 0.3 is 0 Å². The van der Waals surface area contributed by atoms with Crippen molar-refractivity contribution in [3.8, 4) is 0 Å². The zero-order valence-electron chi connectivity index (χ0n) is 15.2. The third kappa shape index (κ3) is 3.49. The van der Waals surface area contributed by atoms with Crippen LogP contribution in [0.3, 0.4) is 0 Å². The lowest BCUT2D eigenvalue weighted by Crippen LogP contribution is -2.47. The highest BCUT2D eigenvalue weighted by Gasteiger charge is 2.37. The van der Waals surface area contributed by atoms with Crippen LogP contribution in [0.5, 0.6) is 0 Å². The highest BCUT2D eigenvalue weighted by molar-refractivity contribution is 5.79. The zero-order chi connectivity index (χ0) is 17.3. The number of ether oxygens (including phenoxy) is 1. The average Bonchev–Trinajstić information content (AvgIpc) is 3.12. The first-order chi connectivity index (χ1) is 11.5. The van der Waals surface area contributed by atoms with Crippen LogP contribution in [0.4, 0.5) is 0 Å². The SMILES string of the molecule is Cc1noc(C)c1C[C@H](C)C(=O)N1C[C@@H](C)[C@H](N2CCOCC2)C1. The van der Waals surface area contributed by atoms with Crippen molar-refractivity contribution in [2.75, 3.05) is 39.4 Å². The molecule has 0 saturated carbocycles. The number of hydrogen-bond donors (Lipinski definition) is 0. The second-order valence-electron chi connectivity index (χ2n) is 7.34. The number of rotatable bonds is 4. The van der Waals surface area contributed by atoms with Crippen LogP contribution in [0.1, 0.15) is 30.9 Å². The number of nitrogens with zero attached hydrogens (tertiary/aromatic N) is 3. The Bertz CT molecular complexity index is 561. The predicted molar refractivity (Wildman–Crippen MR) is 90.8 cm³/mol. The lowest BCUT2D eigenvalue weighted by molar-refractivity contribution is -0.134. The molecule has 0 aliphatic carbocycles. The van der Waals surface area contributed by atoms with Crippen molar-refractivity contribution < 1.29 is 14.1 Å². The third-order valence-corrected chi connectivity index (χ3v) is 5.51. The van der Waals surface area contributed by atoms with E-state index in [0.717, 1.165) is 56.4 Å². The molecule has 0 N–H and O–H groups in total. The van der Waals surface area contributed by atoms with Crippen molar-refractivity contribution in [1.29, 1.82) is 0 Å². The van der Waals surface area contributed by atoms with Crippen LogP contribution in [0.15, 0.2) is 4.52 Å². The molecule has 1 amide bonds. The molecule has 0 aromatic carbocycles. The normalized spacial score (nSPS) is 26.8. The van der Waals surface area contributed by atoms with Gasteiger partial charge in [-0.1, -0.05) is 19.0 Å². The molecule has 2 aliphatic heterocycles. The van der Waals surface area contributed by atoms with Gasteiger partial charge in [0.05, 0.1) is 18.9 Å². The van der Waals surface area contributed by atoms with Gasteiger partial charge in [0.2, 0.25) is 5.91 Å². The molecule has 134 valence electrons. The van der Waals surface area contributed by atoms with Gasteiger partial charge in [-0.25, -0.2) is 0 Å². The topological polar surface area (TPSA) is 58.8 Å². The van der Waals surface area contributed by atoms with Gasteiger partial charge in [-0.05, 0) is 26.2 Å². The molecule has 0 radical (unpaired) electrons. The minimum atomic E-state index is -0.0440. The molecule has 3 rings (SSSR count). The number of carbonyl (C=O) groups is 1. The Hall–Kier alpha value is -1.40. The molecule has 0 unspecified atom stereocenters. The van der Waals surface area contributed by atoms with Gasteiger partial charge in [0, 0.05) is 43.7 Å². The average molecular weight is 335 g/mol. The van der Waals surface area contributed by atoms with Crippen molar-refractivity contribution in [2.24, 2.45) is 11.8 Å². The van der Waals surface area contributed by atoms with E-state index in [1.54, 1.807) is 0 Å². The number of morpholine rings is 1. The molecule has 0 spiro atoms. The molecule has 1 aromatic heterocycles. The second kappa shape index (κ2) is 7.23. The van der Waals surface area contributed by atoms with Crippen molar-refractivity contribution in [3.05, 3.63) is 17.0 Å². The summed E-state index contributed by atoms with van der Waals surface area (Å²) in [7, 11) is 0. The van der Waals surface area contributed by atoms with Crippen molar-refractivity contribution in [1.82, 2.24) is 15.0 Å². The smallest absolute Gasteiger partial charge is 0.225 e. The molecule has 24 heavy (non-hydrogen) atoms. The lowest BCUT2D eigenvalue weighted by Gasteiger charge is -2.34. The Kier molecular flexibility index (Phi) is 5.25. The number of carbonyl (C=O) groups excluding carboxylic acids is 1. The maximum Gasteiger partial charge on any atom is 0.225 e. The summed E-state index contributed by atoms with van der Waals surface area (Å²) in [6.07, 6.45) is 0.701. The molecule has 3 atom stereocenters. The molecule has 3 heterocycles. The maximum absolute atomic E-state index is 12.9. The van der Waals surface area contributed by atoms with Gasteiger partial charge in [-0.2, -0.15) is 0 Å². The van der Waals surface area contributed by atoms with Crippen LogP contribution in [0.25, 0.3) is 0 Å². The van der Waals surface area contributed by atoms with Gasteiger partial charge in [-0.3, -0.25) is 9.69 Å². The summed E-state index contributed by atoms with van der Waals surface area (Å²) in [5.74, 6) is 1.54. The molecule has 2 fully saturated rings. The Labute approximate surface area is 144 Å². The summed E-state index contributed by atoms with van der Waals surface area (Å²) in [4.78, 5) is 17.4. The maximum atomic E-state index is 12.9. The van der Waals surface area contributed by atoms with E-state index in [1.807, 2.05) is 25.7 Å². The van der Waals surface area contributed by atoms with Crippen molar-refractivity contribution in [2.45, 2.75) is 40.2 Å². The van der Waals surface area contributed by atoms with E-state index in [1.165, 1.54) is 0 Å². The molecule has 6 nitrogen and oxygen atoms in total. The van der Waals surface area contributed by atoms with E-state index in [0.29, 0.717) is 18.4 Å². The summed E-state index contributed by atoms with van der Waals surface area (Å²) in [6, 6.07) is 0.462. The van der Waals surface area contributed by atoms with Gasteiger partial charge in [0.25, 0.3) is 0 Å². The third-order valence-electron chi connectivity index (χ3n) is 5.51. The fraction of sp³-hybridized carbons (Fsp3) is 0.778. The Balaban J connectivity index is 1.60. The van der Waals surface area contributed by atoms with E-state index in [2.05, 4.69) is 17.0 Å². The van der Waals surface area contributed by atoms with Gasteiger partial charge in [-0.15, -0.1) is 0 Å². The van der Waals surface area contributed by atoms with E-state index >= 15 is 0 Å².